The van der Waals surface area contributed by atoms with Gasteiger partial charge in [0.1, 0.15) is 5.75 Å². The van der Waals surface area contributed by atoms with Gasteiger partial charge in [0.2, 0.25) is 0 Å². The van der Waals surface area contributed by atoms with Crippen molar-refractivity contribution >= 4 is 0 Å². The summed E-state index contributed by atoms with van der Waals surface area (Å²) in [4.78, 5) is 0. The molecular weight excluding hydrogens is 164 g/mol. The molecular formula is C11H14O2. The zero-order valence-corrected chi connectivity index (χ0v) is 7.75. The van der Waals surface area contributed by atoms with Crippen LogP contribution in [-0.4, -0.2) is 10.2 Å². The van der Waals surface area contributed by atoms with Crippen molar-refractivity contribution in [2.45, 2.75) is 32.3 Å². The van der Waals surface area contributed by atoms with Gasteiger partial charge in [-0.15, -0.1) is 0 Å². The molecule has 1 aliphatic rings. The van der Waals surface area contributed by atoms with Crippen LogP contribution < -0.4 is 0 Å². The fourth-order valence-electron chi connectivity index (χ4n) is 1.97. The summed E-state index contributed by atoms with van der Waals surface area (Å²) in [6.07, 6.45) is 2.29. The van der Waals surface area contributed by atoms with Gasteiger partial charge in [0.25, 0.3) is 0 Å². The van der Waals surface area contributed by atoms with Gasteiger partial charge < -0.3 is 10.2 Å². The highest BCUT2D eigenvalue weighted by atomic mass is 16.3. The molecule has 0 saturated heterocycles. The molecule has 2 N–H and O–H groups in total. The molecule has 0 aliphatic heterocycles. The van der Waals surface area contributed by atoms with Gasteiger partial charge in [0.15, 0.2) is 0 Å². The molecule has 0 saturated carbocycles. The van der Waals surface area contributed by atoms with Crippen LogP contribution >= 0.6 is 0 Å². The summed E-state index contributed by atoms with van der Waals surface area (Å²) in [6.45, 7) is 1.89. The molecule has 0 radical (unpaired) electrons. The van der Waals surface area contributed by atoms with E-state index in [0.717, 1.165) is 36.0 Å². The van der Waals surface area contributed by atoms with E-state index in [1.807, 2.05) is 19.1 Å². The maximum atomic E-state index is 9.75. The van der Waals surface area contributed by atoms with Gasteiger partial charge in [-0.2, -0.15) is 0 Å². The lowest BCUT2D eigenvalue weighted by Crippen LogP contribution is -2.09. The Morgan fingerprint density at radius 2 is 2.15 bits per heavy atom. The normalized spacial score (nSPS) is 21.2. The summed E-state index contributed by atoms with van der Waals surface area (Å²) in [5.74, 6) is 0.372. The number of aliphatic hydroxyl groups excluding tert-OH is 1. The van der Waals surface area contributed by atoms with Gasteiger partial charge in [0, 0.05) is 0 Å². The molecule has 1 unspecified atom stereocenters. The molecule has 0 fully saturated rings. The van der Waals surface area contributed by atoms with Crippen molar-refractivity contribution in [2.75, 3.05) is 0 Å². The van der Waals surface area contributed by atoms with Gasteiger partial charge in [0.05, 0.1) is 6.10 Å². The first-order valence-corrected chi connectivity index (χ1v) is 4.69. The van der Waals surface area contributed by atoms with Gasteiger partial charge >= 0.3 is 0 Å². The third kappa shape index (κ3) is 1.31. The fourth-order valence-corrected chi connectivity index (χ4v) is 1.97. The molecule has 2 rings (SSSR count). The molecule has 1 aromatic carbocycles. The van der Waals surface area contributed by atoms with Gasteiger partial charge in [-0.05, 0) is 42.9 Å². The van der Waals surface area contributed by atoms with Crippen molar-refractivity contribution in [1.29, 1.82) is 0 Å². The number of benzene rings is 1. The van der Waals surface area contributed by atoms with Gasteiger partial charge in [-0.25, -0.2) is 0 Å². The third-order valence-corrected chi connectivity index (χ3v) is 2.78. The monoisotopic (exact) mass is 178 g/mol. The van der Waals surface area contributed by atoms with Crippen LogP contribution in [0.3, 0.4) is 0 Å². The second kappa shape index (κ2) is 3.04. The van der Waals surface area contributed by atoms with E-state index >= 15 is 0 Å². The average Bonchev–Trinajstić information content (AvgIpc) is 2.12. The van der Waals surface area contributed by atoms with Crippen molar-refractivity contribution in [3.8, 4) is 5.75 Å². The van der Waals surface area contributed by atoms with E-state index in [1.165, 1.54) is 0 Å². The fraction of sp³-hybridized carbons (Fsp3) is 0.455. The molecule has 0 heterocycles. The number of hydrogen-bond acceptors (Lipinski definition) is 2. The maximum Gasteiger partial charge on any atom is 0.122 e. The quantitative estimate of drug-likeness (QED) is 0.638. The largest absolute Gasteiger partial charge is 0.507 e. The topological polar surface area (TPSA) is 40.5 Å². The van der Waals surface area contributed by atoms with E-state index in [1.54, 1.807) is 0 Å². The number of rotatable bonds is 0. The molecule has 13 heavy (non-hydrogen) atoms. The zero-order valence-electron chi connectivity index (χ0n) is 7.75. The van der Waals surface area contributed by atoms with E-state index in [0.29, 0.717) is 5.75 Å². The van der Waals surface area contributed by atoms with Crippen LogP contribution in [0.1, 0.15) is 35.6 Å². The second-order valence-corrected chi connectivity index (χ2v) is 3.71. The number of phenols is 1. The van der Waals surface area contributed by atoms with Crippen LogP contribution in [0.4, 0.5) is 0 Å². The SMILES string of the molecule is Cc1ccc2c(c1O)CCCC2O. The van der Waals surface area contributed by atoms with E-state index in [4.69, 9.17) is 0 Å². The lowest BCUT2D eigenvalue weighted by Gasteiger charge is -2.22. The minimum absolute atomic E-state index is 0.372. The molecule has 2 nitrogen and oxygen atoms in total. The first-order valence-electron chi connectivity index (χ1n) is 4.69. The Morgan fingerprint density at radius 3 is 2.92 bits per heavy atom. The number of aryl methyl sites for hydroxylation is 1. The molecule has 2 heteroatoms. The second-order valence-electron chi connectivity index (χ2n) is 3.71. The predicted molar refractivity (Wildman–Crippen MR) is 50.7 cm³/mol. The Balaban J connectivity index is 2.56. The molecule has 70 valence electrons. The van der Waals surface area contributed by atoms with Crippen LogP contribution in [0.15, 0.2) is 12.1 Å². The Hall–Kier alpha value is -1.02. The molecule has 1 aromatic rings. The molecule has 0 amide bonds. The lowest BCUT2D eigenvalue weighted by atomic mass is 9.87. The number of hydrogen-bond donors (Lipinski definition) is 2. The van der Waals surface area contributed by atoms with Crippen molar-refractivity contribution < 1.29 is 10.2 Å². The molecule has 0 spiro atoms. The van der Waals surface area contributed by atoms with E-state index in [9.17, 15) is 10.2 Å². The predicted octanol–water partition coefficient (Wildman–Crippen LogP) is 2.07. The standard InChI is InChI=1S/C11H14O2/c1-7-5-6-8-9(11(7)13)3-2-4-10(8)12/h5-6,10,12-13H,2-4H2,1H3. The number of aromatic hydroxyl groups is 1. The Kier molecular flexibility index (Phi) is 2.00. The molecule has 1 atom stereocenters. The van der Waals surface area contributed by atoms with E-state index in [-0.39, 0.29) is 6.10 Å². The smallest absolute Gasteiger partial charge is 0.122 e. The minimum atomic E-state index is -0.379. The highest BCUT2D eigenvalue weighted by Crippen LogP contribution is 2.36. The Labute approximate surface area is 77.8 Å². The zero-order chi connectivity index (χ0) is 9.42. The Bertz CT molecular complexity index is 331. The van der Waals surface area contributed by atoms with Crippen LogP contribution in [0.5, 0.6) is 5.75 Å². The highest BCUT2D eigenvalue weighted by molar-refractivity contribution is 5.46. The van der Waals surface area contributed by atoms with Gasteiger partial charge in [-0.1, -0.05) is 12.1 Å². The number of aliphatic hydroxyl groups is 1. The Morgan fingerprint density at radius 1 is 1.38 bits per heavy atom. The van der Waals surface area contributed by atoms with Crippen LogP contribution in [0.2, 0.25) is 0 Å². The molecule has 0 aromatic heterocycles. The first-order chi connectivity index (χ1) is 6.20. The first kappa shape index (κ1) is 8.57. The van der Waals surface area contributed by atoms with Crippen LogP contribution in [0.25, 0.3) is 0 Å². The third-order valence-electron chi connectivity index (χ3n) is 2.78. The van der Waals surface area contributed by atoms with E-state index in [2.05, 4.69) is 0 Å². The van der Waals surface area contributed by atoms with Crippen molar-refractivity contribution in [3.05, 3.63) is 28.8 Å². The molecule has 1 aliphatic carbocycles. The summed E-state index contributed by atoms with van der Waals surface area (Å²) in [6, 6.07) is 3.79. The summed E-state index contributed by atoms with van der Waals surface area (Å²) in [7, 11) is 0. The summed E-state index contributed by atoms with van der Waals surface area (Å²) < 4.78 is 0. The summed E-state index contributed by atoms with van der Waals surface area (Å²) in [5, 5.41) is 19.4. The summed E-state index contributed by atoms with van der Waals surface area (Å²) >= 11 is 0. The van der Waals surface area contributed by atoms with Crippen molar-refractivity contribution in [3.63, 3.8) is 0 Å². The number of fused-ring (bicyclic) bond motifs is 1. The summed E-state index contributed by atoms with van der Waals surface area (Å²) in [5.41, 5.74) is 2.75. The van der Waals surface area contributed by atoms with Crippen molar-refractivity contribution in [1.82, 2.24) is 0 Å². The minimum Gasteiger partial charge on any atom is -0.507 e. The van der Waals surface area contributed by atoms with Crippen LogP contribution in [0, 0.1) is 6.92 Å². The number of phenolic OH excluding ortho intramolecular Hbond substituents is 1. The molecule has 0 bridgehead atoms. The average molecular weight is 178 g/mol. The van der Waals surface area contributed by atoms with Gasteiger partial charge in [-0.3, -0.25) is 0 Å². The lowest BCUT2D eigenvalue weighted by molar-refractivity contribution is 0.155. The van der Waals surface area contributed by atoms with Crippen LogP contribution in [-0.2, 0) is 6.42 Å². The highest BCUT2D eigenvalue weighted by Gasteiger charge is 2.20. The van der Waals surface area contributed by atoms with Crippen molar-refractivity contribution in [2.24, 2.45) is 0 Å². The maximum absolute atomic E-state index is 9.75. The van der Waals surface area contributed by atoms with E-state index < -0.39 is 0 Å².